The normalized spacial score (nSPS) is 27.2. The topological polar surface area (TPSA) is 29.4 Å². The van der Waals surface area contributed by atoms with Crippen LogP contribution in [0.4, 0.5) is 0 Å². The maximum absolute atomic E-state index is 4.62. The van der Waals surface area contributed by atoms with Crippen molar-refractivity contribution in [1.82, 2.24) is 10.2 Å². The third-order valence-electron chi connectivity index (χ3n) is 4.14. The van der Waals surface area contributed by atoms with Crippen LogP contribution < -0.4 is 5.32 Å². The highest BCUT2D eigenvalue weighted by Crippen LogP contribution is 2.29. The molecule has 0 spiro atoms. The Hall–Kier alpha value is -0.900. The van der Waals surface area contributed by atoms with Crippen LogP contribution in [0.5, 0.6) is 0 Å². The molecule has 2 rings (SSSR count). The molecule has 0 bridgehead atoms. The van der Waals surface area contributed by atoms with Gasteiger partial charge in [-0.15, -0.1) is 6.04 Å². The van der Waals surface area contributed by atoms with E-state index in [1.54, 1.807) is 0 Å². The molecule has 0 aliphatic carbocycles. The van der Waals surface area contributed by atoms with Gasteiger partial charge in [0, 0.05) is 25.2 Å². The van der Waals surface area contributed by atoms with E-state index in [9.17, 15) is 0 Å². The summed E-state index contributed by atoms with van der Waals surface area (Å²) in [4.78, 5) is 2.58. The Morgan fingerprint density at radius 1 is 1.20 bits per heavy atom. The standard InChI is InChI=1S/C17H28N3/c1-13(10-20-11-14(2)19-15(3)12-20)17(18-4)16-8-6-5-7-9-16/h5-9,13-15,17,19H,10-12H2,1-4H3/q-1/t13-,14-,15+,17+/m0/s1. The summed E-state index contributed by atoms with van der Waals surface area (Å²) in [6.07, 6.45) is 0. The van der Waals surface area contributed by atoms with Gasteiger partial charge in [-0.05, 0) is 26.3 Å². The molecule has 1 aromatic rings. The third-order valence-corrected chi connectivity index (χ3v) is 4.14. The number of rotatable bonds is 5. The minimum Gasteiger partial charge on any atom is -0.658 e. The smallest absolute Gasteiger partial charge is 0.0169 e. The van der Waals surface area contributed by atoms with Crippen LogP contribution in [-0.4, -0.2) is 43.7 Å². The molecule has 1 aromatic carbocycles. The third kappa shape index (κ3) is 4.05. The molecule has 1 saturated heterocycles. The molecule has 1 N–H and O–H groups in total. The average molecular weight is 274 g/mol. The molecule has 1 fully saturated rings. The van der Waals surface area contributed by atoms with Crippen molar-refractivity contribution >= 4 is 0 Å². The van der Waals surface area contributed by atoms with Crippen LogP contribution in [0.1, 0.15) is 32.4 Å². The van der Waals surface area contributed by atoms with Gasteiger partial charge in [0.05, 0.1) is 0 Å². The van der Waals surface area contributed by atoms with Crippen LogP contribution in [0.3, 0.4) is 0 Å². The summed E-state index contributed by atoms with van der Waals surface area (Å²) in [6, 6.07) is 12.1. The van der Waals surface area contributed by atoms with Crippen molar-refractivity contribution in [3.05, 3.63) is 41.2 Å². The Kier molecular flexibility index (Phi) is 5.58. The van der Waals surface area contributed by atoms with Crippen LogP contribution in [-0.2, 0) is 0 Å². The predicted molar refractivity (Wildman–Crippen MR) is 86.1 cm³/mol. The first-order chi connectivity index (χ1) is 9.60. The Morgan fingerprint density at radius 2 is 1.80 bits per heavy atom. The maximum atomic E-state index is 4.62. The lowest BCUT2D eigenvalue weighted by molar-refractivity contribution is 0.150. The van der Waals surface area contributed by atoms with Crippen molar-refractivity contribution in [1.29, 1.82) is 0 Å². The molecule has 1 aliphatic heterocycles. The van der Waals surface area contributed by atoms with Crippen molar-refractivity contribution < 1.29 is 0 Å². The van der Waals surface area contributed by atoms with Crippen LogP contribution in [0.2, 0.25) is 0 Å². The van der Waals surface area contributed by atoms with Crippen molar-refractivity contribution in [2.45, 2.75) is 38.9 Å². The zero-order chi connectivity index (χ0) is 14.5. The van der Waals surface area contributed by atoms with Crippen molar-refractivity contribution in [3.8, 4) is 0 Å². The zero-order valence-corrected chi connectivity index (χ0v) is 13.2. The van der Waals surface area contributed by atoms with Gasteiger partial charge in [-0.1, -0.05) is 42.8 Å². The second-order valence-electron chi connectivity index (χ2n) is 6.28. The fraction of sp³-hybridized carbons (Fsp3) is 0.647. The van der Waals surface area contributed by atoms with Crippen molar-refractivity contribution in [3.63, 3.8) is 0 Å². The van der Waals surface area contributed by atoms with E-state index < -0.39 is 0 Å². The van der Waals surface area contributed by atoms with E-state index in [-0.39, 0.29) is 0 Å². The summed E-state index contributed by atoms with van der Waals surface area (Å²) in [5, 5.41) is 8.21. The van der Waals surface area contributed by atoms with Gasteiger partial charge in [0.15, 0.2) is 0 Å². The summed E-state index contributed by atoms with van der Waals surface area (Å²) in [6.45, 7) is 10.3. The van der Waals surface area contributed by atoms with Crippen molar-refractivity contribution in [2.24, 2.45) is 5.92 Å². The van der Waals surface area contributed by atoms with Gasteiger partial charge in [-0.25, -0.2) is 0 Å². The molecular weight excluding hydrogens is 246 g/mol. The summed E-state index contributed by atoms with van der Waals surface area (Å²) >= 11 is 0. The number of piperazine rings is 1. The molecule has 4 atom stereocenters. The summed E-state index contributed by atoms with van der Waals surface area (Å²) < 4.78 is 0. The van der Waals surface area contributed by atoms with Gasteiger partial charge in [0.2, 0.25) is 0 Å². The van der Waals surface area contributed by atoms with E-state index in [1.165, 1.54) is 5.56 Å². The molecule has 3 heteroatoms. The van der Waals surface area contributed by atoms with E-state index >= 15 is 0 Å². The van der Waals surface area contributed by atoms with Crippen LogP contribution >= 0.6 is 0 Å². The molecule has 3 nitrogen and oxygen atoms in total. The number of hydrogen-bond acceptors (Lipinski definition) is 2. The summed E-state index contributed by atoms with van der Waals surface area (Å²) in [7, 11) is 1.94. The second kappa shape index (κ2) is 7.21. The molecule has 1 aliphatic rings. The van der Waals surface area contributed by atoms with Gasteiger partial charge in [-0.3, -0.25) is 0 Å². The number of nitrogens with one attached hydrogen (secondary N) is 1. The average Bonchev–Trinajstić information content (AvgIpc) is 2.39. The van der Waals surface area contributed by atoms with Crippen molar-refractivity contribution in [2.75, 3.05) is 26.7 Å². The monoisotopic (exact) mass is 274 g/mol. The largest absolute Gasteiger partial charge is 0.658 e. The van der Waals surface area contributed by atoms with Gasteiger partial charge in [0.1, 0.15) is 0 Å². The van der Waals surface area contributed by atoms with Gasteiger partial charge >= 0.3 is 0 Å². The Bertz CT molecular complexity index is 382. The molecule has 20 heavy (non-hydrogen) atoms. The van der Waals surface area contributed by atoms with Crippen LogP contribution in [0.25, 0.3) is 5.32 Å². The zero-order valence-electron chi connectivity index (χ0n) is 13.2. The Balaban J connectivity index is 1.97. The SMILES string of the molecule is C[N-][C@@H](c1ccccc1)[C@@H](C)CN1C[C@@H](C)N[C@@H](C)C1. The molecule has 0 amide bonds. The minimum atomic E-state index is 0.302. The van der Waals surface area contributed by atoms with Crippen LogP contribution in [0, 0.1) is 5.92 Å². The first-order valence-electron chi connectivity index (χ1n) is 7.72. The molecule has 0 saturated carbocycles. The quantitative estimate of drug-likeness (QED) is 0.894. The molecule has 112 valence electrons. The number of hydrogen-bond donors (Lipinski definition) is 1. The lowest BCUT2D eigenvalue weighted by Gasteiger charge is -2.41. The molecular formula is C17H28N3-. The second-order valence-corrected chi connectivity index (χ2v) is 6.28. The summed E-state index contributed by atoms with van der Waals surface area (Å²) in [5.41, 5.74) is 1.33. The lowest BCUT2D eigenvalue weighted by Crippen LogP contribution is -2.55. The van der Waals surface area contributed by atoms with Gasteiger partial charge in [0.25, 0.3) is 0 Å². The van der Waals surface area contributed by atoms with E-state index in [0.29, 0.717) is 24.0 Å². The fourth-order valence-electron chi connectivity index (χ4n) is 3.48. The highest BCUT2D eigenvalue weighted by molar-refractivity contribution is 5.23. The first-order valence-corrected chi connectivity index (χ1v) is 7.72. The highest BCUT2D eigenvalue weighted by atomic mass is 15.2. The number of benzene rings is 1. The molecule has 0 aromatic heterocycles. The van der Waals surface area contributed by atoms with E-state index in [0.717, 1.165) is 19.6 Å². The predicted octanol–water partition coefficient (Wildman–Crippen LogP) is 3.05. The summed E-state index contributed by atoms with van der Waals surface area (Å²) in [5.74, 6) is 0.542. The molecule has 0 unspecified atom stereocenters. The maximum Gasteiger partial charge on any atom is 0.0169 e. The van der Waals surface area contributed by atoms with Gasteiger partial charge in [-0.2, -0.15) is 7.05 Å². The Labute approximate surface area is 123 Å². The lowest BCUT2D eigenvalue weighted by atomic mass is 9.93. The van der Waals surface area contributed by atoms with Gasteiger partial charge < -0.3 is 15.5 Å². The van der Waals surface area contributed by atoms with E-state index in [1.807, 2.05) is 7.05 Å². The fourth-order valence-corrected chi connectivity index (χ4v) is 3.48. The van der Waals surface area contributed by atoms with E-state index in [4.69, 9.17) is 0 Å². The minimum absolute atomic E-state index is 0.302. The van der Waals surface area contributed by atoms with E-state index in [2.05, 4.69) is 66.6 Å². The molecule has 1 heterocycles. The first kappa shape index (κ1) is 15.5. The molecule has 0 radical (unpaired) electrons. The highest BCUT2D eigenvalue weighted by Gasteiger charge is 2.23. The van der Waals surface area contributed by atoms with Crippen LogP contribution in [0.15, 0.2) is 30.3 Å². The Morgan fingerprint density at radius 3 is 2.35 bits per heavy atom. The number of nitrogens with zero attached hydrogens (tertiary/aromatic N) is 2.